The number of nitrogens with zero attached hydrogens (tertiary/aromatic N) is 2. The molecule has 0 saturated carbocycles. The quantitative estimate of drug-likeness (QED) is 0.416. The number of carbonyl (C=O) groups excluding carboxylic acids is 1. The van der Waals surface area contributed by atoms with E-state index in [4.69, 9.17) is 18.9 Å². The Morgan fingerprint density at radius 1 is 1.03 bits per heavy atom. The fourth-order valence-corrected chi connectivity index (χ4v) is 2.92. The monoisotopic (exact) mass is 423 g/mol. The number of hydrazone groups is 1. The number of methoxy groups -OCH3 is 3. The fourth-order valence-electron chi connectivity index (χ4n) is 2.92. The van der Waals surface area contributed by atoms with Gasteiger partial charge in [-0.25, -0.2) is 10.4 Å². The van der Waals surface area contributed by atoms with E-state index in [0.29, 0.717) is 35.1 Å². The summed E-state index contributed by atoms with van der Waals surface area (Å²) in [7, 11) is 4.58. The van der Waals surface area contributed by atoms with Gasteiger partial charge in [-0.15, -0.1) is 0 Å². The minimum Gasteiger partial charge on any atom is -0.494 e. The van der Waals surface area contributed by atoms with Crippen LogP contribution in [0, 0.1) is 0 Å². The van der Waals surface area contributed by atoms with Gasteiger partial charge >= 0.3 is 0 Å². The van der Waals surface area contributed by atoms with Gasteiger partial charge in [0.25, 0.3) is 5.91 Å². The van der Waals surface area contributed by atoms with Crippen LogP contribution in [0.2, 0.25) is 0 Å². The summed E-state index contributed by atoms with van der Waals surface area (Å²) in [5, 5.41) is 4.93. The maximum Gasteiger partial charge on any atom is 0.271 e. The van der Waals surface area contributed by atoms with E-state index in [1.165, 1.54) is 27.5 Å². The summed E-state index contributed by atoms with van der Waals surface area (Å²) in [4.78, 5) is 16.9. The third-order valence-electron chi connectivity index (χ3n) is 4.46. The van der Waals surface area contributed by atoms with E-state index in [9.17, 15) is 4.79 Å². The molecule has 0 aliphatic heterocycles. The highest BCUT2D eigenvalue weighted by Crippen LogP contribution is 2.27. The van der Waals surface area contributed by atoms with Crippen LogP contribution in [0.5, 0.6) is 23.1 Å². The predicted molar refractivity (Wildman–Crippen MR) is 119 cm³/mol. The molecule has 162 valence electrons. The van der Waals surface area contributed by atoms with E-state index in [1.54, 1.807) is 18.2 Å². The number of benzene rings is 2. The minimum absolute atomic E-state index is 0.385. The van der Waals surface area contributed by atoms with Gasteiger partial charge in [-0.3, -0.25) is 4.79 Å². The molecule has 1 N–H and O–H groups in total. The highest BCUT2D eigenvalue weighted by Gasteiger charge is 2.11. The van der Waals surface area contributed by atoms with Crippen LogP contribution in [0.25, 0.3) is 10.9 Å². The third kappa shape index (κ3) is 5.22. The van der Waals surface area contributed by atoms with Crippen LogP contribution in [0.15, 0.2) is 47.6 Å². The van der Waals surface area contributed by atoms with E-state index < -0.39 is 0 Å². The molecule has 1 aromatic heterocycles. The van der Waals surface area contributed by atoms with E-state index in [2.05, 4.69) is 22.4 Å². The average Bonchev–Trinajstić information content (AvgIpc) is 2.81. The van der Waals surface area contributed by atoms with Crippen molar-refractivity contribution >= 4 is 23.0 Å². The summed E-state index contributed by atoms with van der Waals surface area (Å²) in [6, 6.07) is 12.4. The molecule has 0 bridgehead atoms. The maximum atomic E-state index is 12.4. The van der Waals surface area contributed by atoms with Gasteiger partial charge in [0.1, 0.15) is 5.75 Å². The number of hydrogen-bond acceptors (Lipinski definition) is 7. The van der Waals surface area contributed by atoms with Crippen molar-refractivity contribution < 1.29 is 23.7 Å². The van der Waals surface area contributed by atoms with Crippen LogP contribution in [0.3, 0.4) is 0 Å². The van der Waals surface area contributed by atoms with Crippen molar-refractivity contribution in [3.63, 3.8) is 0 Å². The first-order chi connectivity index (χ1) is 15.1. The number of hydrogen-bond donors (Lipinski definition) is 1. The van der Waals surface area contributed by atoms with Crippen molar-refractivity contribution in [2.24, 2.45) is 5.10 Å². The van der Waals surface area contributed by atoms with Crippen LogP contribution in [-0.4, -0.2) is 45.0 Å². The lowest BCUT2D eigenvalue weighted by atomic mass is 10.1. The first-order valence-corrected chi connectivity index (χ1v) is 9.76. The van der Waals surface area contributed by atoms with Crippen molar-refractivity contribution in [1.29, 1.82) is 0 Å². The Hall–Kier alpha value is -3.81. The van der Waals surface area contributed by atoms with Crippen molar-refractivity contribution in [1.82, 2.24) is 10.4 Å². The highest BCUT2D eigenvalue weighted by atomic mass is 16.5. The first kappa shape index (κ1) is 21.9. The van der Waals surface area contributed by atoms with Crippen molar-refractivity contribution in [3.05, 3.63) is 53.6 Å². The molecule has 0 spiro atoms. The molecule has 31 heavy (non-hydrogen) atoms. The SMILES string of the molecule is CCCOc1ccc2nc(OC)c(/C=N\NC(=O)c3ccc(OC)c(OC)c3)cc2c1. The van der Waals surface area contributed by atoms with Gasteiger partial charge in [0.2, 0.25) is 5.88 Å². The lowest BCUT2D eigenvalue weighted by molar-refractivity contribution is 0.0954. The molecule has 0 aliphatic rings. The van der Waals surface area contributed by atoms with E-state index in [0.717, 1.165) is 23.1 Å². The Morgan fingerprint density at radius 2 is 1.84 bits per heavy atom. The number of rotatable bonds is 9. The summed E-state index contributed by atoms with van der Waals surface area (Å²) in [6.07, 6.45) is 2.42. The second-order valence-electron chi connectivity index (χ2n) is 6.56. The van der Waals surface area contributed by atoms with Gasteiger partial charge in [-0.2, -0.15) is 5.10 Å². The maximum absolute atomic E-state index is 12.4. The molecule has 8 heteroatoms. The molecule has 1 heterocycles. The molecule has 0 unspecified atom stereocenters. The molecule has 3 rings (SSSR count). The number of pyridine rings is 1. The molecule has 3 aromatic rings. The van der Waals surface area contributed by atoms with Crippen molar-refractivity contribution in [3.8, 4) is 23.1 Å². The average molecular weight is 423 g/mol. The number of carbonyl (C=O) groups is 1. The Labute approximate surface area is 180 Å². The Kier molecular flexibility index (Phi) is 7.26. The predicted octanol–water partition coefficient (Wildman–Crippen LogP) is 3.81. The van der Waals surface area contributed by atoms with Crippen LogP contribution in [0.1, 0.15) is 29.3 Å². The molecule has 0 aliphatic carbocycles. The summed E-state index contributed by atoms with van der Waals surface area (Å²) >= 11 is 0. The number of nitrogens with one attached hydrogen (secondary N) is 1. The molecule has 2 aromatic carbocycles. The molecule has 0 saturated heterocycles. The van der Waals surface area contributed by atoms with E-state index in [-0.39, 0.29) is 5.91 Å². The number of ether oxygens (including phenoxy) is 4. The summed E-state index contributed by atoms with van der Waals surface area (Å²) in [6.45, 7) is 2.70. The second-order valence-corrected chi connectivity index (χ2v) is 6.56. The normalized spacial score (nSPS) is 10.8. The number of amides is 1. The third-order valence-corrected chi connectivity index (χ3v) is 4.46. The lowest BCUT2D eigenvalue weighted by Gasteiger charge is -2.09. The van der Waals surface area contributed by atoms with Gasteiger partial charge in [0, 0.05) is 10.9 Å². The summed E-state index contributed by atoms with van der Waals surface area (Å²) < 4.78 is 21.5. The molecular formula is C23H25N3O5. The zero-order valence-electron chi connectivity index (χ0n) is 18.0. The molecule has 1 amide bonds. The Bertz CT molecular complexity index is 1100. The first-order valence-electron chi connectivity index (χ1n) is 9.76. The number of aromatic nitrogens is 1. The topological polar surface area (TPSA) is 91.3 Å². The number of fused-ring (bicyclic) bond motifs is 1. The second kappa shape index (κ2) is 10.3. The van der Waals surface area contributed by atoms with E-state index in [1.807, 2.05) is 24.3 Å². The lowest BCUT2D eigenvalue weighted by Crippen LogP contribution is -2.17. The van der Waals surface area contributed by atoms with Crippen LogP contribution < -0.4 is 24.4 Å². The van der Waals surface area contributed by atoms with Crippen molar-refractivity contribution in [2.75, 3.05) is 27.9 Å². The summed E-state index contributed by atoms with van der Waals surface area (Å²) in [5.74, 6) is 1.78. The molecule has 8 nitrogen and oxygen atoms in total. The molecule has 0 atom stereocenters. The Balaban J connectivity index is 1.80. The van der Waals surface area contributed by atoms with Crippen LogP contribution in [0.4, 0.5) is 0 Å². The van der Waals surface area contributed by atoms with Gasteiger partial charge < -0.3 is 18.9 Å². The van der Waals surface area contributed by atoms with Crippen LogP contribution >= 0.6 is 0 Å². The largest absolute Gasteiger partial charge is 0.494 e. The van der Waals surface area contributed by atoms with Gasteiger partial charge in [0.15, 0.2) is 11.5 Å². The summed E-state index contributed by atoms with van der Waals surface area (Å²) in [5.41, 5.74) is 4.28. The molecule has 0 radical (unpaired) electrons. The smallest absolute Gasteiger partial charge is 0.271 e. The standard InChI is InChI=1S/C23H25N3O5/c1-5-10-31-18-7-8-19-16(12-18)11-17(23(25-19)30-4)14-24-26-22(27)15-6-9-20(28-2)21(13-15)29-3/h6-9,11-14H,5,10H2,1-4H3,(H,26,27)/b24-14-. The van der Waals surface area contributed by atoms with Gasteiger partial charge in [-0.05, 0) is 48.9 Å². The van der Waals surface area contributed by atoms with Crippen LogP contribution in [-0.2, 0) is 0 Å². The minimum atomic E-state index is -0.389. The zero-order valence-corrected chi connectivity index (χ0v) is 18.0. The molecule has 0 fully saturated rings. The fraction of sp³-hybridized carbons (Fsp3) is 0.261. The highest BCUT2D eigenvalue weighted by molar-refractivity contribution is 5.96. The van der Waals surface area contributed by atoms with E-state index >= 15 is 0 Å². The van der Waals surface area contributed by atoms with Gasteiger partial charge in [-0.1, -0.05) is 6.92 Å². The molecular weight excluding hydrogens is 398 g/mol. The zero-order chi connectivity index (χ0) is 22.2. The van der Waals surface area contributed by atoms with Gasteiger partial charge in [0.05, 0.1) is 45.2 Å². The van der Waals surface area contributed by atoms with Crippen molar-refractivity contribution in [2.45, 2.75) is 13.3 Å². The Morgan fingerprint density at radius 3 is 2.55 bits per heavy atom.